The summed E-state index contributed by atoms with van der Waals surface area (Å²) < 4.78 is 0. The van der Waals surface area contributed by atoms with Crippen LogP contribution in [0.1, 0.15) is 52.9 Å². The molecule has 0 bridgehead atoms. The van der Waals surface area contributed by atoms with Crippen molar-refractivity contribution in [2.45, 2.75) is 58.9 Å². The molecule has 106 valence electrons. The van der Waals surface area contributed by atoms with Crippen LogP contribution in [0.15, 0.2) is 0 Å². The molecule has 1 saturated carbocycles. The highest BCUT2D eigenvalue weighted by Crippen LogP contribution is 2.34. The van der Waals surface area contributed by atoms with Gasteiger partial charge in [-0.05, 0) is 69.5 Å². The monoisotopic (exact) mass is 252 g/mol. The third-order valence-corrected chi connectivity index (χ3v) is 5.03. The zero-order valence-electron chi connectivity index (χ0n) is 12.6. The first-order valence-electron chi connectivity index (χ1n) is 8.15. The molecule has 18 heavy (non-hydrogen) atoms. The van der Waals surface area contributed by atoms with Crippen LogP contribution >= 0.6 is 0 Å². The molecule has 2 heteroatoms. The Balaban J connectivity index is 1.74. The first kappa shape index (κ1) is 14.3. The van der Waals surface area contributed by atoms with Gasteiger partial charge in [-0.15, -0.1) is 0 Å². The van der Waals surface area contributed by atoms with Crippen LogP contribution in [0.5, 0.6) is 0 Å². The molecule has 1 aliphatic heterocycles. The van der Waals surface area contributed by atoms with Crippen molar-refractivity contribution in [3.8, 4) is 0 Å². The van der Waals surface area contributed by atoms with Gasteiger partial charge < -0.3 is 5.32 Å². The second-order valence-corrected chi connectivity index (χ2v) is 6.82. The molecule has 1 N–H and O–H groups in total. The van der Waals surface area contributed by atoms with Crippen molar-refractivity contribution in [3.05, 3.63) is 0 Å². The van der Waals surface area contributed by atoms with Gasteiger partial charge in [0.05, 0.1) is 0 Å². The molecule has 0 spiro atoms. The van der Waals surface area contributed by atoms with Crippen LogP contribution in [-0.2, 0) is 0 Å². The van der Waals surface area contributed by atoms with Crippen molar-refractivity contribution in [3.63, 3.8) is 0 Å². The first-order chi connectivity index (χ1) is 8.70. The van der Waals surface area contributed by atoms with E-state index in [-0.39, 0.29) is 0 Å². The fourth-order valence-electron chi connectivity index (χ4n) is 4.01. The number of likely N-dealkylation sites (tertiary alicyclic amines) is 1. The molecule has 1 saturated heterocycles. The van der Waals surface area contributed by atoms with Crippen LogP contribution in [0.3, 0.4) is 0 Å². The number of rotatable bonds is 5. The van der Waals surface area contributed by atoms with E-state index in [0.717, 1.165) is 23.8 Å². The summed E-state index contributed by atoms with van der Waals surface area (Å²) in [5, 5.41) is 3.59. The molecular formula is C16H32N2. The lowest BCUT2D eigenvalue weighted by molar-refractivity contribution is 0.112. The second kappa shape index (κ2) is 6.91. The highest BCUT2D eigenvalue weighted by atomic mass is 15.2. The molecule has 1 heterocycles. The van der Waals surface area contributed by atoms with Crippen LogP contribution in [0.4, 0.5) is 0 Å². The summed E-state index contributed by atoms with van der Waals surface area (Å²) >= 11 is 0. The van der Waals surface area contributed by atoms with Gasteiger partial charge >= 0.3 is 0 Å². The number of hydrogen-bond donors (Lipinski definition) is 1. The molecule has 2 aliphatic rings. The Morgan fingerprint density at radius 3 is 2.72 bits per heavy atom. The van der Waals surface area contributed by atoms with Gasteiger partial charge in [-0.3, -0.25) is 4.90 Å². The minimum absolute atomic E-state index is 0.886. The highest BCUT2D eigenvalue weighted by molar-refractivity contribution is 4.88. The van der Waals surface area contributed by atoms with E-state index < -0.39 is 0 Å². The average Bonchev–Trinajstić information content (AvgIpc) is 2.78. The molecule has 4 atom stereocenters. The van der Waals surface area contributed by atoms with Crippen molar-refractivity contribution >= 4 is 0 Å². The molecule has 2 fully saturated rings. The lowest BCUT2D eigenvalue weighted by Gasteiger charge is -2.38. The van der Waals surface area contributed by atoms with Gasteiger partial charge in [-0.1, -0.05) is 20.8 Å². The minimum Gasteiger partial charge on any atom is -0.316 e. The second-order valence-electron chi connectivity index (χ2n) is 6.82. The van der Waals surface area contributed by atoms with E-state index in [1.165, 1.54) is 58.3 Å². The van der Waals surface area contributed by atoms with E-state index >= 15 is 0 Å². The summed E-state index contributed by atoms with van der Waals surface area (Å²) in [6.07, 6.45) is 7.01. The van der Waals surface area contributed by atoms with Crippen LogP contribution in [0.2, 0.25) is 0 Å². The first-order valence-corrected chi connectivity index (χ1v) is 8.15. The molecule has 0 aromatic carbocycles. The molecule has 0 amide bonds. The van der Waals surface area contributed by atoms with Gasteiger partial charge in [0, 0.05) is 12.6 Å². The van der Waals surface area contributed by atoms with Crippen LogP contribution in [-0.4, -0.2) is 37.1 Å². The molecule has 0 radical (unpaired) electrons. The summed E-state index contributed by atoms with van der Waals surface area (Å²) in [7, 11) is 0. The van der Waals surface area contributed by atoms with Crippen LogP contribution in [0, 0.1) is 17.8 Å². The molecular weight excluding hydrogens is 220 g/mol. The predicted molar refractivity (Wildman–Crippen MR) is 78.8 cm³/mol. The topological polar surface area (TPSA) is 15.3 Å². The van der Waals surface area contributed by atoms with Crippen molar-refractivity contribution < 1.29 is 0 Å². The SMILES string of the molecule is CCCNCC1CCN(C2CCC(C)CC2C)C1. The largest absolute Gasteiger partial charge is 0.316 e. The molecule has 0 aromatic rings. The van der Waals surface area contributed by atoms with Gasteiger partial charge in [0.25, 0.3) is 0 Å². The number of hydrogen-bond acceptors (Lipinski definition) is 2. The summed E-state index contributed by atoms with van der Waals surface area (Å²) in [6.45, 7) is 12.3. The Kier molecular flexibility index (Phi) is 5.50. The van der Waals surface area contributed by atoms with Crippen molar-refractivity contribution in [1.29, 1.82) is 0 Å². The number of nitrogens with zero attached hydrogens (tertiary/aromatic N) is 1. The van der Waals surface area contributed by atoms with Gasteiger partial charge in [0.15, 0.2) is 0 Å². The fourth-order valence-corrected chi connectivity index (χ4v) is 4.01. The van der Waals surface area contributed by atoms with Gasteiger partial charge in [0.1, 0.15) is 0 Å². The van der Waals surface area contributed by atoms with Crippen molar-refractivity contribution in [2.24, 2.45) is 17.8 Å². The predicted octanol–water partition coefficient (Wildman–Crippen LogP) is 3.13. The van der Waals surface area contributed by atoms with Gasteiger partial charge in [-0.2, -0.15) is 0 Å². The third kappa shape index (κ3) is 3.71. The zero-order valence-corrected chi connectivity index (χ0v) is 12.6. The lowest BCUT2D eigenvalue weighted by Crippen LogP contribution is -2.42. The summed E-state index contributed by atoms with van der Waals surface area (Å²) in [5.74, 6) is 2.78. The summed E-state index contributed by atoms with van der Waals surface area (Å²) in [4.78, 5) is 2.80. The third-order valence-electron chi connectivity index (χ3n) is 5.03. The standard InChI is InChI=1S/C16H32N2/c1-4-8-17-11-15-7-9-18(12-15)16-6-5-13(2)10-14(16)3/h13-17H,4-12H2,1-3H3. The minimum atomic E-state index is 0.886. The van der Waals surface area contributed by atoms with E-state index in [0.29, 0.717) is 0 Å². The molecule has 1 aliphatic carbocycles. The number of nitrogens with one attached hydrogen (secondary N) is 1. The van der Waals surface area contributed by atoms with Crippen LogP contribution < -0.4 is 5.32 Å². The van der Waals surface area contributed by atoms with Gasteiger partial charge in [0.2, 0.25) is 0 Å². The fraction of sp³-hybridized carbons (Fsp3) is 1.00. The Bertz CT molecular complexity index is 241. The summed E-state index contributed by atoms with van der Waals surface area (Å²) in [6, 6.07) is 0.886. The van der Waals surface area contributed by atoms with E-state index in [1.54, 1.807) is 0 Å². The molecule has 0 aromatic heterocycles. The van der Waals surface area contributed by atoms with E-state index in [4.69, 9.17) is 0 Å². The van der Waals surface area contributed by atoms with Gasteiger partial charge in [-0.25, -0.2) is 0 Å². The lowest BCUT2D eigenvalue weighted by atomic mass is 9.79. The molecule has 2 nitrogen and oxygen atoms in total. The maximum atomic E-state index is 3.59. The normalized spacial score (nSPS) is 38.2. The van der Waals surface area contributed by atoms with E-state index in [1.807, 2.05) is 0 Å². The van der Waals surface area contributed by atoms with Crippen molar-refractivity contribution in [1.82, 2.24) is 10.2 Å². The van der Waals surface area contributed by atoms with Crippen molar-refractivity contribution in [2.75, 3.05) is 26.2 Å². The maximum absolute atomic E-state index is 3.59. The smallest absolute Gasteiger partial charge is 0.0121 e. The Morgan fingerprint density at radius 1 is 1.17 bits per heavy atom. The molecule has 4 unspecified atom stereocenters. The average molecular weight is 252 g/mol. The highest BCUT2D eigenvalue weighted by Gasteiger charge is 2.33. The quantitative estimate of drug-likeness (QED) is 0.756. The van der Waals surface area contributed by atoms with Crippen LogP contribution in [0.25, 0.3) is 0 Å². The zero-order chi connectivity index (χ0) is 13.0. The Labute approximate surface area is 114 Å². The van der Waals surface area contributed by atoms with E-state index in [2.05, 4.69) is 31.0 Å². The summed E-state index contributed by atoms with van der Waals surface area (Å²) in [5.41, 5.74) is 0. The molecule has 2 rings (SSSR count). The van der Waals surface area contributed by atoms with E-state index in [9.17, 15) is 0 Å². The Hall–Kier alpha value is -0.0800. The Morgan fingerprint density at radius 2 is 2.00 bits per heavy atom. The maximum Gasteiger partial charge on any atom is 0.0121 e.